The maximum atomic E-state index is 13.3. The number of amides is 1. The van der Waals surface area contributed by atoms with E-state index in [0.29, 0.717) is 17.8 Å². The Bertz CT molecular complexity index is 742. The van der Waals surface area contributed by atoms with Crippen molar-refractivity contribution in [3.05, 3.63) is 59.4 Å². The smallest absolute Gasteiger partial charge is 0.221 e. The molecule has 0 fully saturated rings. The predicted octanol–water partition coefficient (Wildman–Crippen LogP) is 3.13. The van der Waals surface area contributed by atoms with E-state index in [4.69, 9.17) is 5.41 Å². The van der Waals surface area contributed by atoms with Crippen LogP contribution in [0.5, 0.6) is 0 Å². The highest BCUT2D eigenvalue weighted by molar-refractivity contribution is 6.11. The van der Waals surface area contributed by atoms with Crippen molar-refractivity contribution in [2.24, 2.45) is 0 Å². The number of hydrogen-bond donors (Lipinski definition) is 2. The summed E-state index contributed by atoms with van der Waals surface area (Å²) in [6.07, 6.45) is 0. The number of halogens is 1. The molecule has 0 saturated heterocycles. The van der Waals surface area contributed by atoms with Crippen LogP contribution in [0.15, 0.2) is 42.5 Å². The van der Waals surface area contributed by atoms with Crippen molar-refractivity contribution in [2.75, 3.05) is 10.2 Å². The number of fused-ring (bicyclic) bond motifs is 1. The number of rotatable bonds is 2. The van der Waals surface area contributed by atoms with E-state index in [-0.39, 0.29) is 17.6 Å². The Morgan fingerprint density at radius 1 is 1.29 bits per heavy atom. The van der Waals surface area contributed by atoms with Crippen LogP contribution in [0.25, 0.3) is 0 Å². The molecule has 1 amide bonds. The molecule has 0 bridgehead atoms. The van der Waals surface area contributed by atoms with E-state index in [1.165, 1.54) is 19.1 Å². The Hall–Kier alpha value is -2.69. The molecule has 1 aliphatic heterocycles. The first-order valence-electron chi connectivity index (χ1n) is 6.57. The van der Waals surface area contributed by atoms with Gasteiger partial charge in [0.15, 0.2) is 0 Å². The van der Waals surface area contributed by atoms with Crippen LogP contribution in [0.2, 0.25) is 0 Å². The quantitative estimate of drug-likeness (QED) is 0.889. The zero-order valence-electron chi connectivity index (χ0n) is 11.5. The average Bonchev–Trinajstić information content (AvgIpc) is 2.76. The molecule has 21 heavy (non-hydrogen) atoms. The van der Waals surface area contributed by atoms with Gasteiger partial charge in [-0.05, 0) is 35.9 Å². The van der Waals surface area contributed by atoms with E-state index < -0.39 is 0 Å². The van der Waals surface area contributed by atoms with E-state index in [1.807, 2.05) is 12.1 Å². The van der Waals surface area contributed by atoms with Gasteiger partial charge in [-0.15, -0.1) is 0 Å². The molecule has 106 valence electrons. The minimum Gasteiger partial charge on any atom is -0.326 e. The maximum Gasteiger partial charge on any atom is 0.221 e. The highest BCUT2D eigenvalue weighted by Gasteiger charge is 2.25. The van der Waals surface area contributed by atoms with Crippen LogP contribution in [0, 0.1) is 11.2 Å². The topological polar surface area (TPSA) is 56.2 Å². The normalized spacial score (nSPS) is 13.2. The van der Waals surface area contributed by atoms with Gasteiger partial charge in [0.2, 0.25) is 5.91 Å². The van der Waals surface area contributed by atoms with Gasteiger partial charge in [0.05, 0.1) is 6.54 Å². The maximum absolute atomic E-state index is 13.3. The highest BCUT2D eigenvalue weighted by Crippen LogP contribution is 2.30. The number of benzene rings is 2. The first-order valence-corrected chi connectivity index (χ1v) is 6.57. The Labute approximate surface area is 121 Å². The number of nitrogens with zero attached hydrogens (tertiary/aromatic N) is 1. The monoisotopic (exact) mass is 283 g/mol. The number of nitrogens with one attached hydrogen (secondary N) is 2. The van der Waals surface area contributed by atoms with Crippen LogP contribution in [0.4, 0.5) is 15.8 Å². The fourth-order valence-corrected chi connectivity index (χ4v) is 2.48. The molecule has 3 rings (SSSR count). The standard InChI is InChI=1S/C16H14FN3O/c1-10(21)19-13-3-2-4-14(8-13)20-9-11-5-6-12(17)7-15(11)16(20)18/h2-8,18H,9H2,1H3,(H,19,21). The van der Waals surface area contributed by atoms with Crippen LogP contribution in [-0.4, -0.2) is 11.7 Å². The average molecular weight is 283 g/mol. The Morgan fingerprint density at radius 2 is 2.10 bits per heavy atom. The molecule has 0 spiro atoms. The number of anilines is 2. The Morgan fingerprint density at radius 3 is 2.86 bits per heavy atom. The van der Waals surface area contributed by atoms with E-state index >= 15 is 0 Å². The van der Waals surface area contributed by atoms with Crippen LogP contribution >= 0.6 is 0 Å². The van der Waals surface area contributed by atoms with E-state index in [9.17, 15) is 9.18 Å². The molecule has 2 N–H and O–H groups in total. The molecule has 1 heterocycles. The second-order valence-electron chi connectivity index (χ2n) is 4.97. The molecule has 0 unspecified atom stereocenters. The summed E-state index contributed by atoms with van der Waals surface area (Å²) in [5.74, 6) is -0.217. The van der Waals surface area contributed by atoms with Gasteiger partial charge in [0.1, 0.15) is 11.7 Å². The summed E-state index contributed by atoms with van der Waals surface area (Å²) >= 11 is 0. The van der Waals surface area contributed by atoms with Gasteiger partial charge in [-0.2, -0.15) is 0 Å². The van der Waals surface area contributed by atoms with Crippen LogP contribution < -0.4 is 10.2 Å². The molecule has 0 radical (unpaired) electrons. The number of carbonyl (C=O) groups excluding carboxylic acids is 1. The van der Waals surface area contributed by atoms with E-state index in [2.05, 4.69) is 5.32 Å². The second kappa shape index (κ2) is 5.01. The Kier molecular flexibility index (Phi) is 3.17. The van der Waals surface area contributed by atoms with Crippen LogP contribution in [0.1, 0.15) is 18.1 Å². The summed E-state index contributed by atoms with van der Waals surface area (Å²) in [7, 11) is 0. The summed E-state index contributed by atoms with van der Waals surface area (Å²) in [4.78, 5) is 12.9. The van der Waals surface area contributed by atoms with Crippen LogP contribution in [-0.2, 0) is 11.3 Å². The highest BCUT2D eigenvalue weighted by atomic mass is 19.1. The second-order valence-corrected chi connectivity index (χ2v) is 4.97. The van der Waals surface area contributed by atoms with Crippen molar-refractivity contribution >= 4 is 23.1 Å². The van der Waals surface area contributed by atoms with Gasteiger partial charge in [-0.1, -0.05) is 12.1 Å². The largest absolute Gasteiger partial charge is 0.326 e. The summed E-state index contributed by atoms with van der Waals surface area (Å²) < 4.78 is 13.3. The zero-order chi connectivity index (χ0) is 15.0. The van der Waals surface area contributed by atoms with Gasteiger partial charge < -0.3 is 10.2 Å². The molecule has 2 aromatic rings. The molecule has 0 atom stereocenters. The molecular formula is C16H14FN3O. The lowest BCUT2D eigenvalue weighted by atomic mass is 10.1. The van der Waals surface area contributed by atoms with Gasteiger partial charge in [-0.25, -0.2) is 4.39 Å². The van der Waals surface area contributed by atoms with E-state index in [0.717, 1.165) is 11.3 Å². The molecular weight excluding hydrogens is 269 g/mol. The molecule has 5 heteroatoms. The van der Waals surface area contributed by atoms with Crippen LogP contribution in [0.3, 0.4) is 0 Å². The SMILES string of the molecule is CC(=O)Nc1cccc(N2Cc3ccc(F)cc3C2=N)c1. The lowest BCUT2D eigenvalue weighted by Crippen LogP contribution is -2.23. The first kappa shape index (κ1) is 13.3. The van der Waals surface area contributed by atoms with Crippen molar-refractivity contribution < 1.29 is 9.18 Å². The fraction of sp³-hybridized carbons (Fsp3) is 0.125. The van der Waals surface area contributed by atoms with Gasteiger partial charge >= 0.3 is 0 Å². The minimum absolute atomic E-state index is 0.144. The van der Waals surface area contributed by atoms with Gasteiger partial charge in [0.25, 0.3) is 0 Å². The predicted molar refractivity (Wildman–Crippen MR) is 80.2 cm³/mol. The molecule has 1 aliphatic rings. The van der Waals surface area contributed by atoms with Crippen molar-refractivity contribution in [2.45, 2.75) is 13.5 Å². The molecule has 0 aliphatic carbocycles. The van der Waals surface area contributed by atoms with Gasteiger partial charge in [0, 0.05) is 23.9 Å². The summed E-state index contributed by atoms with van der Waals surface area (Å²) in [6, 6.07) is 11.8. The van der Waals surface area contributed by atoms with Crippen molar-refractivity contribution in [3.8, 4) is 0 Å². The van der Waals surface area contributed by atoms with Gasteiger partial charge in [-0.3, -0.25) is 10.2 Å². The number of carbonyl (C=O) groups is 1. The van der Waals surface area contributed by atoms with Crippen molar-refractivity contribution in [1.82, 2.24) is 0 Å². The molecule has 2 aromatic carbocycles. The lowest BCUT2D eigenvalue weighted by Gasteiger charge is -2.19. The molecule has 0 saturated carbocycles. The number of hydrogen-bond acceptors (Lipinski definition) is 2. The molecule has 4 nitrogen and oxygen atoms in total. The zero-order valence-corrected chi connectivity index (χ0v) is 11.5. The third kappa shape index (κ3) is 2.50. The molecule has 0 aromatic heterocycles. The van der Waals surface area contributed by atoms with Crippen molar-refractivity contribution in [3.63, 3.8) is 0 Å². The number of amidine groups is 1. The van der Waals surface area contributed by atoms with E-state index in [1.54, 1.807) is 23.1 Å². The third-order valence-electron chi connectivity index (χ3n) is 3.40. The summed E-state index contributed by atoms with van der Waals surface area (Å²) in [5.41, 5.74) is 3.00. The fourth-order valence-electron chi connectivity index (χ4n) is 2.48. The van der Waals surface area contributed by atoms with Crippen molar-refractivity contribution in [1.29, 1.82) is 5.41 Å². The third-order valence-corrected chi connectivity index (χ3v) is 3.40. The summed E-state index contributed by atoms with van der Waals surface area (Å²) in [6.45, 7) is 1.97. The first-order chi connectivity index (χ1) is 10.0. The summed E-state index contributed by atoms with van der Waals surface area (Å²) in [5, 5.41) is 10.9. The Balaban J connectivity index is 1.93. The lowest BCUT2D eigenvalue weighted by molar-refractivity contribution is -0.114. The minimum atomic E-state index is -0.340.